The molecule has 4 aromatic carbocycles. The molecule has 56 heavy (non-hydrogen) atoms. The lowest BCUT2D eigenvalue weighted by molar-refractivity contribution is -0.138. The third-order valence-corrected chi connectivity index (χ3v) is 7.04. The van der Waals surface area contributed by atoms with Crippen LogP contribution in [0, 0.1) is 0 Å². The molecule has 13 nitrogen and oxygen atoms in total. The molecule has 2 heterocycles. The van der Waals surface area contributed by atoms with Crippen molar-refractivity contribution in [2.45, 2.75) is 26.2 Å². The maximum atomic E-state index is 12.7. The highest BCUT2D eigenvalue weighted by Gasteiger charge is 2.31. The van der Waals surface area contributed by atoms with E-state index in [-0.39, 0.29) is 23.6 Å². The zero-order valence-corrected chi connectivity index (χ0v) is 29.8. The molecule has 0 aliphatic rings. The van der Waals surface area contributed by atoms with Crippen molar-refractivity contribution in [1.29, 1.82) is 0 Å². The smallest absolute Gasteiger partial charge is 0.416 e. The van der Waals surface area contributed by atoms with Gasteiger partial charge < -0.3 is 35.3 Å². The van der Waals surface area contributed by atoms with E-state index in [1.165, 1.54) is 31.4 Å². The third-order valence-electron chi connectivity index (χ3n) is 7.04. The van der Waals surface area contributed by atoms with Crippen LogP contribution >= 0.6 is 0 Å². The van der Waals surface area contributed by atoms with Gasteiger partial charge in [0.2, 0.25) is 5.89 Å². The Balaban J connectivity index is 0.000000233. The van der Waals surface area contributed by atoms with E-state index in [9.17, 15) is 35.9 Å². The minimum Gasteiger partial charge on any atom is -0.462 e. The van der Waals surface area contributed by atoms with Crippen molar-refractivity contribution in [2.75, 3.05) is 30.8 Å². The van der Waals surface area contributed by atoms with Gasteiger partial charge in [-0.2, -0.15) is 26.3 Å². The van der Waals surface area contributed by atoms with E-state index in [2.05, 4.69) is 41.1 Å². The second kappa shape index (κ2) is 19.0. The Kier molecular flexibility index (Phi) is 14.3. The second-order valence-electron chi connectivity index (χ2n) is 11.1. The number of alkyl halides is 6. The Morgan fingerprint density at radius 1 is 0.643 bits per heavy atom. The fourth-order valence-electron chi connectivity index (χ4n) is 4.52. The summed E-state index contributed by atoms with van der Waals surface area (Å²) in [5.41, 5.74) is 6.34. The normalized spacial score (nSPS) is 11.0. The molecule has 0 bridgehead atoms. The minimum atomic E-state index is -4.40. The molecule has 294 valence electrons. The standard InChI is InChI=1S/C18H15F3N4O2.C17H12F3N3O3.C2H7N/c1-2-22-15(26)17-25-24-16(27-17)13-5-3-4-6-14(13)23-12-9-7-11(8-10-12)18(19,20)21;1-25-16(24)15-23-22-14(26-15)12-4-2-3-5-13(12)21-11-8-6-10(7-9-11)17(18,19)20;1-2-3/h3-10,23H,2H2,1H3,(H,22,26);2-9,21H,1H3;2-3H2,1H3. The lowest BCUT2D eigenvalue weighted by Crippen LogP contribution is -2.22. The Labute approximate surface area is 315 Å². The van der Waals surface area contributed by atoms with Crippen LogP contribution in [0.3, 0.4) is 0 Å². The molecule has 6 aromatic rings. The SMILES string of the molecule is CCN.CCNC(=O)c1nnc(-c2ccccc2Nc2ccc(C(F)(F)F)cc2)o1.COC(=O)c1nnc(-c2ccccc2Nc2ccc(C(F)(F)F)cc2)o1. The van der Waals surface area contributed by atoms with Crippen molar-refractivity contribution in [3.05, 3.63) is 120 Å². The molecule has 6 rings (SSSR count). The van der Waals surface area contributed by atoms with E-state index in [1.807, 2.05) is 6.92 Å². The number of nitrogens with one attached hydrogen (secondary N) is 3. The Bertz CT molecular complexity index is 2190. The first-order chi connectivity index (χ1) is 26.7. The van der Waals surface area contributed by atoms with Crippen molar-refractivity contribution in [3.63, 3.8) is 0 Å². The first-order valence-corrected chi connectivity index (χ1v) is 16.5. The summed E-state index contributed by atoms with van der Waals surface area (Å²) < 4.78 is 91.1. The predicted octanol–water partition coefficient (Wildman–Crippen LogP) is 8.50. The van der Waals surface area contributed by atoms with Crippen LogP contribution in [0.25, 0.3) is 22.9 Å². The number of nitrogens with two attached hydrogens (primary N) is 1. The number of rotatable bonds is 9. The Hall–Kier alpha value is -6.76. The highest BCUT2D eigenvalue weighted by Crippen LogP contribution is 2.34. The average molecular weight is 785 g/mol. The number of amides is 1. The van der Waals surface area contributed by atoms with E-state index in [1.54, 1.807) is 55.5 Å². The molecule has 0 fully saturated rings. The maximum absolute atomic E-state index is 12.7. The van der Waals surface area contributed by atoms with Gasteiger partial charge in [-0.05, 0) is 86.3 Å². The van der Waals surface area contributed by atoms with Gasteiger partial charge in [0, 0.05) is 17.9 Å². The number of esters is 1. The minimum absolute atomic E-state index is 0.0698. The number of halogens is 6. The van der Waals surface area contributed by atoms with Gasteiger partial charge in [0.1, 0.15) is 0 Å². The lowest BCUT2D eigenvalue weighted by atomic mass is 10.1. The number of hydrogen-bond acceptors (Lipinski definition) is 12. The number of methoxy groups -OCH3 is 1. The van der Waals surface area contributed by atoms with Crippen molar-refractivity contribution < 1.29 is 49.5 Å². The van der Waals surface area contributed by atoms with Gasteiger partial charge in [-0.1, -0.05) is 31.2 Å². The summed E-state index contributed by atoms with van der Waals surface area (Å²) in [6.45, 7) is 4.83. The molecule has 0 radical (unpaired) electrons. The van der Waals surface area contributed by atoms with E-state index in [0.717, 1.165) is 30.8 Å². The molecular weight excluding hydrogens is 750 g/mol. The summed E-state index contributed by atoms with van der Waals surface area (Å²) in [4.78, 5) is 23.2. The zero-order valence-electron chi connectivity index (χ0n) is 29.8. The second-order valence-corrected chi connectivity index (χ2v) is 11.1. The quantitative estimate of drug-likeness (QED) is 0.0811. The van der Waals surface area contributed by atoms with Crippen molar-refractivity contribution in [3.8, 4) is 22.9 Å². The summed E-state index contributed by atoms with van der Waals surface area (Å²) >= 11 is 0. The van der Waals surface area contributed by atoms with Gasteiger partial charge >= 0.3 is 36.0 Å². The highest BCUT2D eigenvalue weighted by molar-refractivity contribution is 5.90. The van der Waals surface area contributed by atoms with E-state index < -0.39 is 35.4 Å². The molecule has 1 amide bonds. The topological polar surface area (TPSA) is 183 Å². The van der Waals surface area contributed by atoms with Crippen molar-refractivity contribution in [2.24, 2.45) is 5.73 Å². The summed E-state index contributed by atoms with van der Waals surface area (Å²) in [7, 11) is 1.19. The average Bonchev–Trinajstić information content (AvgIpc) is 3.87. The molecule has 0 saturated heterocycles. The summed E-state index contributed by atoms with van der Waals surface area (Å²) in [6, 6.07) is 22.9. The molecule has 0 unspecified atom stereocenters. The molecule has 0 atom stereocenters. The first kappa shape index (κ1) is 42.0. The first-order valence-electron chi connectivity index (χ1n) is 16.5. The van der Waals surface area contributed by atoms with Crippen molar-refractivity contribution >= 4 is 34.6 Å². The molecule has 2 aromatic heterocycles. The fraction of sp³-hybridized carbons (Fsp3) is 0.189. The zero-order chi connectivity index (χ0) is 40.9. The maximum Gasteiger partial charge on any atom is 0.416 e. The molecule has 0 aliphatic carbocycles. The molecular formula is C37H34F6N8O5. The van der Waals surface area contributed by atoms with Crippen LogP contribution in [-0.4, -0.2) is 52.5 Å². The fourth-order valence-corrected chi connectivity index (χ4v) is 4.52. The van der Waals surface area contributed by atoms with Gasteiger partial charge in [0.05, 0.1) is 40.7 Å². The van der Waals surface area contributed by atoms with Gasteiger partial charge in [-0.15, -0.1) is 20.4 Å². The molecule has 0 saturated carbocycles. The predicted molar refractivity (Wildman–Crippen MR) is 193 cm³/mol. The number of hydrogen-bond donors (Lipinski definition) is 4. The van der Waals surface area contributed by atoms with E-state index >= 15 is 0 Å². The number of benzene rings is 4. The Morgan fingerprint density at radius 2 is 1.04 bits per heavy atom. The van der Waals surface area contributed by atoms with Gasteiger partial charge in [-0.3, -0.25) is 4.79 Å². The summed E-state index contributed by atoms with van der Waals surface area (Å²) in [5.74, 6) is -1.53. The van der Waals surface area contributed by atoms with Crippen LogP contribution in [-0.2, 0) is 17.1 Å². The summed E-state index contributed by atoms with van der Waals surface area (Å²) in [5, 5.41) is 23.6. The van der Waals surface area contributed by atoms with Crippen LogP contribution in [0.4, 0.5) is 49.1 Å². The van der Waals surface area contributed by atoms with Crippen LogP contribution in [0.1, 0.15) is 46.3 Å². The van der Waals surface area contributed by atoms with E-state index in [0.29, 0.717) is 40.4 Å². The number of anilines is 4. The van der Waals surface area contributed by atoms with Gasteiger partial charge in [-0.25, -0.2) is 4.79 Å². The van der Waals surface area contributed by atoms with Crippen LogP contribution < -0.4 is 21.7 Å². The molecule has 0 spiro atoms. The number of carbonyl (C=O) groups excluding carboxylic acids is 2. The van der Waals surface area contributed by atoms with E-state index in [4.69, 9.17) is 14.6 Å². The van der Waals surface area contributed by atoms with Gasteiger partial charge in [0.25, 0.3) is 5.89 Å². The number of para-hydroxylation sites is 2. The lowest BCUT2D eigenvalue weighted by Gasteiger charge is -2.11. The van der Waals surface area contributed by atoms with Crippen LogP contribution in [0.15, 0.2) is 106 Å². The largest absolute Gasteiger partial charge is 0.462 e. The Morgan fingerprint density at radius 3 is 1.43 bits per heavy atom. The number of aromatic nitrogens is 4. The van der Waals surface area contributed by atoms with Crippen molar-refractivity contribution in [1.82, 2.24) is 25.7 Å². The van der Waals surface area contributed by atoms with Crippen LogP contribution in [0.5, 0.6) is 0 Å². The number of carbonyl (C=O) groups is 2. The number of nitrogens with zero attached hydrogens (tertiary/aromatic N) is 4. The molecule has 19 heteroatoms. The monoisotopic (exact) mass is 784 g/mol. The molecule has 5 N–H and O–H groups in total. The number of ether oxygens (including phenoxy) is 1. The molecule has 0 aliphatic heterocycles. The van der Waals surface area contributed by atoms with Gasteiger partial charge in [0.15, 0.2) is 0 Å². The third kappa shape index (κ3) is 11.4. The van der Waals surface area contributed by atoms with Crippen LogP contribution in [0.2, 0.25) is 0 Å². The summed E-state index contributed by atoms with van der Waals surface area (Å²) in [6.07, 6.45) is -8.79. The highest BCUT2D eigenvalue weighted by atomic mass is 19.4.